The zero-order valence-corrected chi connectivity index (χ0v) is 13.8. The number of hydrogen-bond acceptors (Lipinski definition) is 4. The second kappa shape index (κ2) is 6.51. The average Bonchev–Trinajstić information content (AvgIpc) is 3.39. The summed E-state index contributed by atoms with van der Waals surface area (Å²) in [5, 5.41) is 7.22. The van der Waals surface area contributed by atoms with Crippen molar-refractivity contribution in [2.75, 3.05) is 6.54 Å². The third-order valence-corrected chi connectivity index (χ3v) is 4.37. The fourth-order valence-corrected chi connectivity index (χ4v) is 2.87. The number of nitrogens with one attached hydrogen (secondary N) is 1. The van der Waals surface area contributed by atoms with Gasteiger partial charge in [0.25, 0.3) is 5.56 Å². The predicted molar refractivity (Wildman–Crippen MR) is 93.2 cm³/mol. The smallest absolute Gasteiger partial charge is 0.266 e. The van der Waals surface area contributed by atoms with Crippen LogP contribution in [0.1, 0.15) is 24.5 Å². The molecular weight excluding hydrogens is 318 g/mol. The van der Waals surface area contributed by atoms with E-state index in [9.17, 15) is 9.59 Å². The molecule has 1 saturated carbocycles. The average molecular weight is 337 g/mol. The van der Waals surface area contributed by atoms with Crippen LogP contribution in [0.3, 0.4) is 0 Å². The fraction of sp³-hybridized carbons (Fsp3) is 0.333. The lowest BCUT2D eigenvalue weighted by atomic mass is 10.3. The van der Waals surface area contributed by atoms with Gasteiger partial charge in [-0.05, 0) is 31.0 Å². The second-order valence-corrected chi connectivity index (χ2v) is 6.30. The highest BCUT2D eigenvalue weighted by Crippen LogP contribution is 2.38. The van der Waals surface area contributed by atoms with Gasteiger partial charge in [0.05, 0.1) is 29.6 Å². The van der Waals surface area contributed by atoms with Gasteiger partial charge in [0.1, 0.15) is 6.54 Å². The number of carbonyl (C=O) groups is 1. The monoisotopic (exact) mass is 337 g/mol. The van der Waals surface area contributed by atoms with Crippen LogP contribution in [0.25, 0.3) is 11.0 Å². The molecule has 2 heterocycles. The van der Waals surface area contributed by atoms with Crippen LogP contribution in [0, 0.1) is 0 Å². The minimum absolute atomic E-state index is 0.116. The number of nitrogens with zero attached hydrogens (tertiary/aromatic N) is 4. The summed E-state index contributed by atoms with van der Waals surface area (Å²) in [7, 11) is 0. The van der Waals surface area contributed by atoms with Crippen LogP contribution in [-0.2, 0) is 17.9 Å². The van der Waals surface area contributed by atoms with Crippen LogP contribution in [0.15, 0.2) is 47.5 Å². The Kier molecular flexibility index (Phi) is 4.05. The molecule has 0 unspecified atom stereocenters. The van der Waals surface area contributed by atoms with Crippen LogP contribution in [-0.4, -0.2) is 31.8 Å². The minimum Gasteiger partial charge on any atom is -0.353 e. The van der Waals surface area contributed by atoms with E-state index >= 15 is 0 Å². The quantitative estimate of drug-likeness (QED) is 0.735. The maximum Gasteiger partial charge on any atom is 0.266 e. The van der Waals surface area contributed by atoms with Crippen molar-refractivity contribution in [2.45, 2.75) is 31.8 Å². The third kappa shape index (κ3) is 3.45. The Morgan fingerprint density at radius 2 is 2.04 bits per heavy atom. The largest absolute Gasteiger partial charge is 0.353 e. The van der Waals surface area contributed by atoms with E-state index in [1.165, 1.54) is 4.68 Å². The van der Waals surface area contributed by atoms with E-state index < -0.39 is 0 Å². The first-order valence-electron chi connectivity index (χ1n) is 8.45. The summed E-state index contributed by atoms with van der Waals surface area (Å²) in [5.74, 6) is 0.380. The molecule has 0 bridgehead atoms. The molecule has 3 aromatic rings. The summed E-state index contributed by atoms with van der Waals surface area (Å²) >= 11 is 0. The number of para-hydroxylation sites is 2. The Hall–Kier alpha value is -2.96. The van der Waals surface area contributed by atoms with Gasteiger partial charge in [-0.25, -0.2) is 9.67 Å². The molecular formula is C18H19N5O2. The summed E-state index contributed by atoms with van der Waals surface area (Å²) < 4.78 is 3.24. The number of rotatable bonds is 6. The molecule has 1 aromatic carbocycles. The molecule has 0 spiro atoms. The summed E-state index contributed by atoms with van der Waals surface area (Å²) in [6.07, 6.45) is 3.94. The van der Waals surface area contributed by atoms with Crippen molar-refractivity contribution < 1.29 is 4.79 Å². The lowest BCUT2D eigenvalue weighted by molar-refractivity contribution is -0.121. The molecule has 25 heavy (non-hydrogen) atoms. The van der Waals surface area contributed by atoms with E-state index in [4.69, 9.17) is 0 Å². The van der Waals surface area contributed by atoms with Gasteiger partial charge in [-0.2, -0.15) is 5.10 Å². The molecule has 128 valence electrons. The maximum absolute atomic E-state index is 12.1. The molecule has 0 saturated heterocycles. The number of fused-ring (bicyclic) bond motifs is 1. The lowest BCUT2D eigenvalue weighted by Gasteiger charge is -2.09. The Labute approximate surface area is 144 Å². The van der Waals surface area contributed by atoms with Crippen molar-refractivity contribution in [3.8, 4) is 0 Å². The van der Waals surface area contributed by atoms with Crippen molar-refractivity contribution in [1.82, 2.24) is 24.6 Å². The molecule has 4 rings (SSSR count). The van der Waals surface area contributed by atoms with Gasteiger partial charge in [-0.1, -0.05) is 12.1 Å². The maximum atomic E-state index is 12.1. The minimum atomic E-state index is -0.140. The molecule has 1 amide bonds. The first kappa shape index (κ1) is 15.6. The predicted octanol–water partition coefficient (Wildman–Crippen LogP) is 1.29. The van der Waals surface area contributed by atoms with Crippen molar-refractivity contribution in [3.05, 3.63) is 58.8 Å². The fourth-order valence-electron chi connectivity index (χ4n) is 2.87. The molecule has 1 N–H and O–H groups in total. The van der Waals surface area contributed by atoms with Crippen LogP contribution in [0.4, 0.5) is 0 Å². The van der Waals surface area contributed by atoms with Gasteiger partial charge >= 0.3 is 0 Å². The summed E-state index contributed by atoms with van der Waals surface area (Å²) in [6.45, 7) is 0.938. The molecule has 1 aliphatic carbocycles. The van der Waals surface area contributed by atoms with E-state index in [2.05, 4.69) is 15.4 Å². The van der Waals surface area contributed by atoms with Gasteiger partial charge in [-0.15, -0.1) is 0 Å². The van der Waals surface area contributed by atoms with E-state index in [0.717, 1.165) is 29.6 Å². The first-order chi connectivity index (χ1) is 12.2. The number of hydrogen-bond donors (Lipinski definition) is 1. The number of amides is 1. The number of benzene rings is 1. The van der Waals surface area contributed by atoms with E-state index in [-0.39, 0.29) is 18.0 Å². The van der Waals surface area contributed by atoms with Crippen molar-refractivity contribution in [1.29, 1.82) is 0 Å². The molecule has 7 heteroatoms. The Morgan fingerprint density at radius 3 is 2.88 bits per heavy atom. The van der Waals surface area contributed by atoms with E-state index in [1.807, 2.05) is 28.8 Å². The standard InChI is InChI=1S/C18H19N5O2/c24-17(11-22-12-20-15-3-1-2-4-16(15)22)19-9-10-23-18(25)8-7-14(21-23)13-5-6-13/h1-4,7-8,12-13H,5-6,9-11H2,(H,19,24). The summed E-state index contributed by atoms with van der Waals surface area (Å²) in [6, 6.07) is 11.0. The molecule has 7 nitrogen and oxygen atoms in total. The number of aromatic nitrogens is 4. The van der Waals surface area contributed by atoms with Crippen LogP contribution in [0.2, 0.25) is 0 Å². The molecule has 0 radical (unpaired) electrons. The topological polar surface area (TPSA) is 81.8 Å². The normalized spacial score (nSPS) is 13.9. The van der Waals surface area contributed by atoms with Crippen molar-refractivity contribution >= 4 is 16.9 Å². The zero-order valence-electron chi connectivity index (χ0n) is 13.8. The zero-order chi connectivity index (χ0) is 17.2. The summed E-state index contributed by atoms with van der Waals surface area (Å²) in [5.41, 5.74) is 2.62. The van der Waals surface area contributed by atoms with Crippen molar-refractivity contribution in [2.24, 2.45) is 0 Å². The molecule has 0 aliphatic heterocycles. The second-order valence-electron chi connectivity index (χ2n) is 6.30. The Morgan fingerprint density at radius 1 is 1.20 bits per heavy atom. The Bertz CT molecular complexity index is 971. The molecule has 1 fully saturated rings. The van der Waals surface area contributed by atoms with Crippen LogP contribution >= 0.6 is 0 Å². The highest BCUT2D eigenvalue weighted by molar-refractivity contribution is 5.80. The molecule has 2 aromatic heterocycles. The number of carbonyl (C=O) groups excluding carboxylic acids is 1. The van der Waals surface area contributed by atoms with E-state index in [1.54, 1.807) is 18.5 Å². The first-order valence-corrected chi connectivity index (χ1v) is 8.45. The lowest BCUT2D eigenvalue weighted by Crippen LogP contribution is -2.33. The van der Waals surface area contributed by atoms with Gasteiger partial charge in [0.15, 0.2) is 0 Å². The van der Waals surface area contributed by atoms with Gasteiger partial charge in [0, 0.05) is 18.5 Å². The van der Waals surface area contributed by atoms with Crippen molar-refractivity contribution in [3.63, 3.8) is 0 Å². The highest BCUT2D eigenvalue weighted by Gasteiger charge is 2.25. The SMILES string of the molecule is O=C(Cn1cnc2ccccc21)NCCn1nc(C2CC2)ccc1=O. The number of imidazole rings is 1. The van der Waals surface area contributed by atoms with E-state index in [0.29, 0.717) is 19.0 Å². The summed E-state index contributed by atoms with van der Waals surface area (Å²) in [4.78, 5) is 28.3. The van der Waals surface area contributed by atoms with Gasteiger partial charge in [-0.3, -0.25) is 9.59 Å². The molecule has 1 aliphatic rings. The third-order valence-electron chi connectivity index (χ3n) is 4.37. The van der Waals surface area contributed by atoms with Gasteiger partial charge in [0.2, 0.25) is 5.91 Å². The van der Waals surface area contributed by atoms with Gasteiger partial charge < -0.3 is 9.88 Å². The highest BCUT2D eigenvalue weighted by atomic mass is 16.2. The Balaban J connectivity index is 1.35. The van der Waals surface area contributed by atoms with Crippen LogP contribution in [0.5, 0.6) is 0 Å². The molecule has 0 atom stereocenters. The van der Waals surface area contributed by atoms with Crippen LogP contribution < -0.4 is 10.9 Å².